The molecule has 4 aromatic rings. The number of carbonyl (C=O) groups is 1. The maximum absolute atomic E-state index is 12.0. The van der Waals surface area contributed by atoms with Crippen LogP contribution >= 0.6 is 0 Å². The molecule has 1 fully saturated rings. The first-order valence-electron chi connectivity index (χ1n) is 11.1. The van der Waals surface area contributed by atoms with Crippen LogP contribution < -0.4 is 5.73 Å². The molecule has 1 saturated carbocycles. The third-order valence-electron chi connectivity index (χ3n) is 6.40. The van der Waals surface area contributed by atoms with Crippen LogP contribution in [-0.2, 0) is 16.8 Å². The first-order chi connectivity index (χ1) is 16.3. The van der Waals surface area contributed by atoms with E-state index < -0.39 is 5.41 Å². The minimum absolute atomic E-state index is 0.0294. The SMILES string of the molecule is CN(C)C(=O)Cn1cc(-c2coc(C(C)(c3ccc(-c4cnc(N)nc4)nc3)C3CC3)n2)cn1. The highest BCUT2D eigenvalue weighted by Crippen LogP contribution is 2.51. The number of oxazole rings is 1. The number of nitrogens with two attached hydrogens (primary N) is 1. The zero-order valence-electron chi connectivity index (χ0n) is 19.3. The van der Waals surface area contributed by atoms with Gasteiger partial charge in [-0.3, -0.25) is 14.5 Å². The summed E-state index contributed by atoms with van der Waals surface area (Å²) in [7, 11) is 3.44. The monoisotopic (exact) mass is 458 g/mol. The van der Waals surface area contributed by atoms with Crippen molar-refractivity contribution >= 4 is 11.9 Å². The van der Waals surface area contributed by atoms with E-state index in [2.05, 4.69) is 33.0 Å². The van der Waals surface area contributed by atoms with Crippen molar-refractivity contribution in [3.8, 4) is 22.5 Å². The van der Waals surface area contributed by atoms with Gasteiger partial charge in [0.25, 0.3) is 0 Å². The number of nitrogen functional groups attached to an aromatic ring is 1. The number of amides is 1. The summed E-state index contributed by atoms with van der Waals surface area (Å²) in [5, 5.41) is 4.30. The van der Waals surface area contributed by atoms with E-state index in [9.17, 15) is 4.79 Å². The number of rotatable bonds is 7. The number of carbonyl (C=O) groups excluding carboxylic acids is 1. The van der Waals surface area contributed by atoms with E-state index in [1.54, 1.807) is 43.6 Å². The van der Waals surface area contributed by atoms with Crippen LogP contribution in [0.25, 0.3) is 22.5 Å². The standard InChI is InChI=1S/C24H26N8O2/c1-24(17-4-5-17,18-6-7-19(26-11-18)15-8-27-23(25)28-9-15)22-30-20(14-34-22)16-10-29-32(12-16)13-21(33)31(2)3/h6-12,14,17H,4-5,13H2,1-3H3,(H2,25,27,28). The summed E-state index contributed by atoms with van der Waals surface area (Å²) in [6.07, 6.45) is 12.6. The fourth-order valence-corrected chi connectivity index (χ4v) is 4.04. The Labute approximate surface area is 196 Å². The maximum Gasteiger partial charge on any atom is 0.243 e. The van der Waals surface area contributed by atoms with Crippen molar-refractivity contribution in [2.45, 2.75) is 31.7 Å². The van der Waals surface area contributed by atoms with Crippen molar-refractivity contribution < 1.29 is 9.21 Å². The smallest absolute Gasteiger partial charge is 0.243 e. The average Bonchev–Trinajstić information content (AvgIpc) is 3.39. The van der Waals surface area contributed by atoms with Crippen molar-refractivity contribution in [3.63, 3.8) is 0 Å². The molecule has 4 heterocycles. The molecule has 1 unspecified atom stereocenters. The van der Waals surface area contributed by atoms with E-state index >= 15 is 0 Å². The molecular formula is C24H26N8O2. The zero-order chi connectivity index (χ0) is 23.9. The van der Waals surface area contributed by atoms with Crippen molar-refractivity contribution in [1.29, 1.82) is 0 Å². The van der Waals surface area contributed by atoms with Gasteiger partial charge in [0.05, 0.1) is 17.3 Å². The van der Waals surface area contributed by atoms with Crippen LogP contribution in [0.2, 0.25) is 0 Å². The van der Waals surface area contributed by atoms with Crippen LogP contribution in [0.1, 0.15) is 31.2 Å². The Morgan fingerprint density at radius 2 is 1.88 bits per heavy atom. The Kier molecular flexibility index (Phi) is 5.35. The number of nitrogens with zero attached hydrogens (tertiary/aromatic N) is 7. The Hall–Kier alpha value is -4.08. The van der Waals surface area contributed by atoms with Crippen LogP contribution in [0.5, 0.6) is 0 Å². The minimum atomic E-state index is -0.404. The Bertz CT molecular complexity index is 1310. The summed E-state index contributed by atoms with van der Waals surface area (Å²) in [4.78, 5) is 31.1. The molecule has 1 aliphatic rings. The molecule has 0 aromatic carbocycles. The van der Waals surface area contributed by atoms with Crippen molar-refractivity contribution in [1.82, 2.24) is 34.6 Å². The largest absolute Gasteiger partial charge is 0.447 e. The normalized spacial score (nSPS) is 15.1. The molecule has 1 amide bonds. The van der Waals surface area contributed by atoms with E-state index in [1.807, 2.05) is 18.5 Å². The van der Waals surface area contributed by atoms with E-state index in [-0.39, 0.29) is 18.4 Å². The molecule has 0 bridgehead atoms. The third-order valence-corrected chi connectivity index (χ3v) is 6.40. The molecule has 1 atom stereocenters. The summed E-state index contributed by atoms with van der Waals surface area (Å²) in [6.45, 7) is 2.33. The average molecular weight is 459 g/mol. The lowest BCUT2D eigenvalue weighted by atomic mass is 9.78. The van der Waals surface area contributed by atoms with Gasteiger partial charge < -0.3 is 15.1 Å². The quantitative estimate of drug-likeness (QED) is 0.448. The molecule has 4 aromatic heterocycles. The topological polar surface area (TPSA) is 129 Å². The summed E-state index contributed by atoms with van der Waals surface area (Å²) in [5.74, 6) is 1.27. The summed E-state index contributed by atoms with van der Waals surface area (Å²) >= 11 is 0. The predicted octanol–water partition coefficient (Wildman–Crippen LogP) is 2.78. The second-order valence-corrected chi connectivity index (χ2v) is 8.99. The molecule has 2 N–H and O–H groups in total. The highest BCUT2D eigenvalue weighted by Gasteiger charge is 2.47. The zero-order valence-corrected chi connectivity index (χ0v) is 19.3. The fourth-order valence-electron chi connectivity index (χ4n) is 4.04. The van der Waals surface area contributed by atoms with Crippen LogP contribution in [0, 0.1) is 5.92 Å². The third kappa shape index (κ3) is 4.02. The van der Waals surface area contributed by atoms with E-state index in [0.717, 1.165) is 35.2 Å². The first-order valence-corrected chi connectivity index (χ1v) is 11.1. The van der Waals surface area contributed by atoms with Gasteiger partial charge in [0.15, 0.2) is 0 Å². The predicted molar refractivity (Wildman–Crippen MR) is 125 cm³/mol. The number of hydrogen-bond acceptors (Lipinski definition) is 8. The molecule has 0 aliphatic heterocycles. The van der Waals surface area contributed by atoms with Crippen molar-refractivity contribution in [2.24, 2.45) is 5.92 Å². The summed E-state index contributed by atoms with van der Waals surface area (Å²) in [6, 6.07) is 4.02. The Morgan fingerprint density at radius 3 is 2.53 bits per heavy atom. The van der Waals surface area contributed by atoms with Crippen molar-refractivity contribution in [3.05, 3.63) is 60.8 Å². The molecular weight excluding hydrogens is 432 g/mol. The Balaban J connectivity index is 1.41. The van der Waals surface area contributed by atoms with Gasteiger partial charge in [0, 0.05) is 50.0 Å². The summed E-state index contributed by atoms with van der Waals surface area (Å²) in [5.41, 5.74) is 9.29. The number of likely N-dealkylation sites (N-methyl/N-ethyl adjacent to an activating group) is 1. The van der Waals surface area contributed by atoms with Crippen LogP contribution in [0.15, 0.2) is 53.8 Å². The number of hydrogen-bond donors (Lipinski definition) is 1. The van der Waals surface area contributed by atoms with Gasteiger partial charge in [-0.05, 0) is 37.3 Å². The number of anilines is 1. The fraction of sp³-hybridized carbons (Fsp3) is 0.333. The molecule has 174 valence electrons. The van der Waals surface area contributed by atoms with Gasteiger partial charge in [0.2, 0.25) is 17.7 Å². The first kappa shape index (κ1) is 21.7. The highest BCUT2D eigenvalue weighted by molar-refractivity contribution is 5.75. The lowest BCUT2D eigenvalue weighted by Crippen LogP contribution is -2.27. The van der Waals surface area contributed by atoms with Crippen molar-refractivity contribution in [2.75, 3.05) is 19.8 Å². The van der Waals surface area contributed by atoms with Crippen LogP contribution in [-0.4, -0.2) is 54.6 Å². The van der Waals surface area contributed by atoms with E-state index in [0.29, 0.717) is 17.5 Å². The molecule has 0 spiro atoms. The maximum atomic E-state index is 12.0. The highest BCUT2D eigenvalue weighted by atomic mass is 16.3. The molecule has 1 aliphatic carbocycles. The molecule has 10 nitrogen and oxygen atoms in total. The van der Waals surface area contributed by atoms with E-state index in [1.165, 1.54) is 4.90 Å². The molecule has 10 heteroatoms. The number of aromatic nitrogens is 6. The lowest BCUT2D eigenvalue weighted by Gasteiger charge is -2.26. The van der Waals surface area contributed by atoms with E-state index in [4.69, 9.17) is 15.1 Å². The van der Waals surface area contributed by atoms with Gasteiger partial charge >= 0.3 is 0 Å². The lowest BCUT2D eigenvalue weighted by molar-refractivity contribution is -0.129. The van der Waals surface area contributed by atoms with Gasteiger partial charge in [-0.15, -0.1) is 0 Å². The molecule has 0 radical (unpaired) electrons. The van der Waals surface area contributed by atoms with Gasteiger partial charge in [-0.25, -0.2) is 15.0 Å². The van der Waals surface area contributed by atoms with Gasteiger partial charge in [-0.1, -0.05) is 6.07 Å². The summed E-state index contributed by atoms with van der Waals surface area (Å²) < 4.78 is 7.62. The van der Waals surface area contributed by atoms with Gasteiger partial charge in [0.1, 0.15) is 18.5 Å². The van der Waals surface area contributed by atoms with Gasteiger partial charge in [-0.2, -0.15) is 5.10 Å². The minimum Gasteiger partial charge on any atom is -0.447 e. The molecule has 34 heavy (non-hydrogen) atoms. The Morgan fingerprint density at radius 1 is 1.12 bits per heavy atom. The second kappa shape index (κ2) is 8.36. The number of pyridine rings is 1. The second-order valence-electron chi connectivity index (χ2n) is 8.99. The van der Waals surface area contributed by atoms with Crippen LogP contribution in [0.3, 0.4) is 0 Å². The van der Waals surface area contributed by atoms with Crippen LogP contribution in [0.4, 0.5) is 5.95 Å². The molecule has 0 saturated heterocycles. The molecule has 5 rings (SSSR count).